The van der Waals surface area contributed by atoms with Crippen LogP contribution in [0.15, 0.2) is 49.2 Å². The minimum Gasteiger partial charge on any atom is -0.390 e. The van der Waals surface area contributed by atoms with Crippen molar-refractivity contribution in [1.29, 1.82) is 0 Å². The first-order valence-corrected chi connectivity index (χ1v) is 12.2. The number of anilines is 3. The van der Waals surface area contributed by atoms with E-state index in [2.05, 4.69) is 36.6 Å². The van der Waals surface area contributed by atoms with Crippen LogP contribution in [0, 0.1) is 5.92 Å². The maximum atomic E-state index is 10.5. The number of hydrogen-bond acceptors (Lipinski definition) is 8. The van der Waals surface area contributed by atoms with Crippen molar-refractivity contribution in [2.45, 2.75) is 45.4 Å². The van der Waals surface area contributed by atoms with E-state index in [-0.39, 0.29) is 5.92 Å². The Morgan fingerprint density at radius 1 is 1.06 bits per heavy atom. The SMILES string of the molecule is CC(C)(O)[C@H]1CCCN(c2ccc(Nc3cnc(-c4cnc5ncccn45)c4c3CNC4)nc2)C1. The first kappa shape index (κ1) is 21.9. The second kappa shape index (κ2) is 8.58. The van der Waals surface area contributed by atoms with Gasteiger partial charge >= 0.3 is 0 Å². The standard InChI is InChI=1S/C26H30N8O/c1-26(2,35)17-5-3-9-33(16-17)18-6-7-23(29-11-18)32-21-14-30-24(20-13-27-12-19(20)21)22-15-31-25-28-8-4-10-34(22)25/h4,6-8,10-11,14-15,17,27,35H,3,5,9,12-13,16H2,1-2H3,(H,29,32)/t17-/m0/s1. The fourth-order valence-corrected chi connectivity index (χ4v) is 5.20. The van der Waals surface area contributed by atoms with Crippen LogP contribution in [-0.4, -0.2) is 48.1 Å². The van der Waals surface area contributed by atoms with Crippen molar-refractivity contribution in [2.24, 2.45) is 5.92 Å². The summed E-state index contributed by atoms with van der Waals surface area (Å²) in [6, 6.07) is 6.02. The molecule has 1 fully saturated rings. The summed E-state index contributed by atoms with van der Waals surface area (Å²) in [6.07, 6.45) is 11.5. The number of rotatable bonds is 5. The number of imidazole rings is 1. The van der Waals surface area contributed by atoms with Crippen molar-refractivity contribution >= 4 is 23.0 Å². The summed E-state index contributed by atoms with van der Waals surface area (Å²) in [7, 11) is 0. The summed E-state index contributed by atoms with van der Waals surface area (Å²) in [5, 5.41) is 17.4. The fraction of sp³-hybridized carbons (Fsp3) is 0.385. The Labute approximate surface area is 204 Å². The third-order valence-electron chi connectivity index (χ3n) is 7.23. The number of nitrogens with one attached hydrogen (secondary N) is 2. The molecular weight excluding hydrogens is 440 g/mol. The van der Waals surface area contributed by atoms with Gasteiger partial charge in [-0.05, 0) is 50.5 Å². The first-order chi connectivity index (χ1) is 17.0. The normalized spacial score (nSPS) is 18.1. The van der Waals surface area contributed by atoms with Crippen molar-refractivity contribution in [3.05, 3.63) is 60.3 Å². The Morgan fingerprint density at radius 2 is 1.94 bits per heavy atom. The molecule has 9 heteroatoms. The van der Waals surface area contributed by atoms with Crippen LogP contribution in [0.25, 0.3) is 17.2 Å². The molecule has 180 valence electrons. The molecule has 2 aliphatic heterocycles. The molecule has 0 saturated carbocycles. The minimum absolute atomic E-state index is 0.262. The van der Waals surface area contributed by atoms with Gasteiger partial charge in [-0.3, -0.25) is 9.38 Å². The van der Waals surface area contributed by atoms with Gasteiger partial charge in [-0.2, -0.15) is 0 Å². The van der Waals surface area contributed by atoms with Gasteiger partial charge in [0, 0.05) is 50.1 Å². The van der Waals surface area contributed by atoms with Crippen molar-refractivity contribution in [2.75, 3.05) is 23.3 Å². The number of aliphatic hydroxyl groups is 1. The Hall–Kier alpha value is -3.56. The average Bonchev–Trinajstić information content (AvgIpc) is 3.53. The Bertz CT molecular complexity index is 1360. The van der Waals surface area contributed by atoms with E-state index in [1.54, 1.807) is 6.20 Å². The largest absolute Gasteiger partial charge is 0.390 e. The minimum atomic E-state index is -0.666. The summed E-state index contributed by atoms with van der Waals surface area (Å²) in [5.41, 5.74) is 5.61. The molecule has 2 aliphatic rings. The molecular formula is C26H30N8O. The molecule has 0 spiro atoms. The molecule has 3 N–H and O–H groups in total. The zero-order valence-electron chi connectivity index (χ0n) is 20.1. The van der Waals surface area contributed by atoms with Crippen molar-refractivity contribution in [3.63, 3.8) is 0 Å². The third-order valence-corrected chi connectivity index (χ3v) is 7.23. The molecule has 6 heterocycles. The highest BCUT2D eigenvalue weighted by Gasteiger charge is 2.31. The van der Waals surface area contributed by atoms with E-state index < -0.39 is 5.60 Å². The molecule has 1 saturated heterocycles. The lowest BCUT2D eigenvalue weighted by atomic mass is 9.84. The zero-order chi connectivity index (χ0) is 24.0. The molecule has 4 aromatic heterocycles. The van der Waals surface area contributed by atoms with Crippen LogP contribution in [0.2, 0.25) is 0 Å². The Morgan fingerprint density at radius 3 is 2.77 bits per heavy atom. The van der Waals surface area contributed by atoms with E-state index >= 15 is 0 Å². The maximum Gasteiger partial charge on any atom is 0.234 e. The maximum absolute atomic E-state index is 10.5. The second-order valence-electron chi connectivity index (χ2n) is 9.98. The van der Waals surface area contributed by atoms with E-state index in [1.165, 1.54) is 11.1 Å². The van der Waals surface area contributed by atoms with Gasteiger partial charge in [-0.15, -0.1) is 0 Å². The van der Waals surface area contributed by atoms with E-state index in [9.17, 15) is 5.11 Å². The van der Waals surface area contributed by atoms with Crippen LogP contribution < -0.4 is 15.5 Å². The third kappa shape index (κ3) is 4.11. The average molecular weight is 471 g/mol. The van der Waals surface area contributed by atoms with E-state index in [4.69, 9.17) is 4.98 Å². The molecule has 0 radical (unpaired) electrons. The van der Waals surface area contributed by atoms with Crippen LogP contribution in [0.3, 0.4) is 0 Å². The summed E-state index contributed by atoms with van der Waals surface area (Å²) in [5.74, 6) is 1.71. The van der Waals surface area contributed by atoms with Gasteiger partial charge < -0.3 is 20.6 Å². The second-order valence-corrected chi connectivity index (χ2v) is 9.98. The number of pyridine rings is 2. The summed E-state index contributed by atoms with van der Waals surface area (Å²) in [6.45, 7) is 7.18. The first-order valence-electron chi connectivity index (χ1n) is 12.2. The summed E-state index contributed by atoms with van der Waals surface area (Å²) in [4.78, 5) is 20.6. The highest BCUT2D eigenvalue weighted by molar-refractivity contribution is 5.71. The van der Waals surface area contributed by atoms with Crippen molar-refractivity contribution in [1.82, 2.24) is 29.7 Å². The molecule has 4 aromatic rings. The predicted octanol–water partition coefficient (Wildman–Crippen LogP) is 3.52. The molecule has 0 aliphatic carbocycles. The monoisotopic (exact) mass is 470 g/mol. The van der Waals surface area contributed by atoms with Gasteiger partial charge in [0.15, 0.2) is 0 Å². The van der Waals surface area contributed by atoms with Gasteiger partial charge in [0.05, 0.1) is 47.0 Å². The van der Waals surface area contributed by atoms with E-state index in [0.717, 1.165) is 67.6 Å². The van der Waals surface area contributed by atoms with Crippen LogP contribution in [-0.2, 0) is 13.1 Å². The van der Waals surface area contributed by atoms with Gasteiger partial charge in [0.2, 0.25) is 5.78 Å². The van der Waals surface area contributed by atoms with Gasteiger partial charge in [-0.25, -0.2) is 15.0 Å². The van der Waals surface area contributed by atoms with Crippen LogP contribution in [0.5, 0.6) is 0 Å². The van der Waals surface area contributed by atoms with E-state index in [1.807, 2.05) is 55.2 Å². The lowest BCUT2D eigenvalue weighted by Gasteiger charge is -2.39. The Kier molecular flexibility index (Phi) is 5.38. The summed E-state index contributed by atoms with van der Waals surface area (Å²) < 4.78 is 1.97. The van der Waals surface area contributed by atoms with Crippen molar-refractivity contribution in [3.8, 4) is 11.4 Å². The highest BCUT2D eigenvalue weighted by Crippen LogP contribution is 2.34. The Balaban J connectivity index is 1.24. The zero-order valence-corrected chi connectivity index (χ0v) is 20.1. The smallest absolute Gasteiger partial charge is 0.234 e. The number of piperidine rings is 1. The molecule has 6 rings (SSSR count). The molecule has 9 nitrogen and oxygen atoms in total. The molecule has 0 unspecified atom stereocenters. The van der Waals surface area contributed by atoms with Gasteiger partial charge in [-0.1, -0.05) is 0 Å². The number of fused-ring (bicyclic) bond motifs is 2. The summed E-state index contributed by atoms with van der Waals surface area (Å²) >= 11 is 0. The number of hydrogen-bond donors (Lipinski definition) is 3. The highest BCUT2D eigenvalue weighted by atomic mass is 16.3. The van der Waals surface area contributed by atoms with Crippen LogP contribution in [0.1, 0.15) is 37.8 Å². The van der Waals surface area contributed by atoms with Crippen molar-refractivity contribution < 1.29 is 5.11 Å². The molecule has 35 heavy (non-hydrogen) atoms. The van der Waals surface area contributed by atoms with E-state index in [0.29, 0.717) is 5.78 Å². The topological polar surface area (TPSA) is 104 Å². The quantitative estimate of drug-likeness (QED) is 0.407. The van der Waals surface area contributed by atoms with Crippen LogP contribution in [0.4, 0.5) is 17.2 Å². The van der Waals surface area contributed by atoms with Crippen LogP contribution >= 0.6 is 0 Å². The molecule has 1 atom stereocenters. The molecule has 0 amide bonds. The lowest BCUT2D eigenvalue weighted by molar-refractivity contribution is 0.0110. The fourth-order valence-electron chi connectivity index (χ4n) is 5.20. The van der Waals surface area contributed by atoms with Gasteiger partial charge in [0.25, 0.3) is 0 Å². The molecule has 0 bridgehead atoms. The van der Waals surface area contributed by atoms with Gasteiger partial charge in [0.1, 0.15) is 5.82 Å². The number of aromatic nitrogens is 5. The predicted molar refractivity (Wildman–Crippen MR) is 136 cm³/mol. The lowest BCUT2D eigenvalue weighted by Crippen LogP contribution is -2.44. The number of nitrogens with zero attached hydrogens (tertiary/aromatic N) is 6. The molecule has 0 aromatic carbocycles.